The number of aryl methyl sites for hydroxylation is 2. The van der Waals surface area contributed by atoms with Crippen molar-refractivity contribution >= 4 is 6.03 Å². The van der Waals surface area contributed by atoms with Gasteiger partial charge in [-0.2, -0.15) is 0 Å². The molecule has 96 valence electrons. The summed E-state index contributed by atoms with van der Waals surface area (Å²) in [4.78, 5) is 11.5. The molecule has 1 heterocycles. The zero-order valence-corrected chi connectivity index (χ0v) is 11.2. The van der Waals surface area contributed by atoms with Crippen LogP contribution in [-0.2, 0) is 6.54 Å². The molecule has 0 unspecified atom stereocenters. The Balaban J connectivity index is 2.39. The second-order valence-corrected chi connectivity index (χ2v) is 5.40. The molecule has 17 heavy (non-hydrogen) atoms. The van der Waals surface area contributed by atoms with E-state index in [1.165, 1.54) is 0 Å². The molecule has 0 saturated carbocycles. The van der Waals surface area contributed by atoms with Gasteiger partial charge < -0.3 is 15.2 Å². The van der Waals surface area contributed by atoms with Gasteiger partial charge in [-0.15, -0.1) is 0 Å². The lowest BCUT2D eigenvalue weighted by Crippen LogP contribution is -2.39. The van der Waals surface area contributed by atoms with Crippen molar-refractivity contribution in [3.05, 3.63) is 17.0 Å². The lowest BCUT2D eigenvalue weighted by molar-refractivity contribution is 0.235. The second kappa shape index (κ2) is 5.21. The van der Waals surface area contributed by atoms with Gasteiger partial charge in [0.15, 0.2) is 0 Å². The molecular weight excluding hydrogens is 218 g/mol. The van der Waals surface area contributed by atoms with Crippen LogP contribution in [0.5, 0.6) is 0 Å². The molecule has 0 bridgehead atoms. The van der Waals surface area contributed by atoms with Gasteiger partial charge in [0.2, 0.25) is 0 Å². The van der Waals surface area contributed by atoms with E-state index in [-0.39, 0.29) is 11.4 Å². The molecule has 1 rings (SSSR count). The highest BCUT2D eigenvalue weighted by Crippen LogP contribution is 2.12. The maximum absolute atomic E-state index is 11.5. The van der Waals surface area contributed by atoms with E-state index >= 15 is 0 Å². The Morgan fingerprint density at radius 1 is 1.29 bits per heavy atom. The van der Waals surface area contributed by atoms with E-state index in [0.29, 0.717) is 13.1 Å². The van der Waals surface area contributed by atoms with Crippen LogP contribution in [0.4, 0.5) is 4.79 Å². The molecule has 1 aromatic heterocycles. The third kappa shape index (κ3) is 4.46. The Hall–Kier alpha value is -1.52. The largest absolute Gasteiger partial charge is 0.361 e. The summed E-state index contributed by atoms with van der Waals surface area (Å²) in [5.41, 5.74) is 1.84. The van der Waals surface area contributed by atoms with E-state index in [1.807, 2.05) is 13.8 Å². The van der Waals surface area contributed by atoms with Gasteiger partial charge in [-0.25, -0.2) is 4.79 Å². The predicted molar refractivity (Wildman–Crippen MR) is 65.7 cm³/mol. The Bertz CT molecular complexity index is 371. The molecule has 1 aromatic rings. The Labute approximate surface area is 102 Å². The van der Waals surface area contributed by atoms with Crippen molar-refractivity contribution < 1.29 is 9.32 Å². The molecule has 5 heteroatoms. The van der Waals surface area contributed by atoms with Crippen LogP contribution in [0, 0.1) is 19.3 Å². The Kier molecular flexibility index (Phi) is 4.15. The first-order chi connectivity index (χ1) is 7.79. The van der Waals surface area contributed by atoms with Crippen molar-refractivity contribution in [1.29, 1.82) is 0 Å². The van der Waals surface area contributed by atoms with E-state index in [0.717, 1.165) is 17.0 Å². The maximum atomic E-state index is 11.5. The lowest BCUT2D eigenvalue weighted by Gasteiger charge is -2.18. The first-order valence-electron chi connectivity index (χ1n) is 5.73. The normalized spacial score (nSPS) is 11.4. The van der Waals surface area contributed by atoms with Crippen LogP contribution in [-0.4, -0.2) is 17.7 Å². The number of nitrogens with zero attached hydrogens (tertiary/aromatic N) is 1. The maximum Gasteiger partial charge on any atom is 0.315 e. The van der Waals surface area contributed by atoms with E-state index in [4.69, 9.17) is 4.52 Å². The molecule has 0 aliphatic rings. The fraction of sp³-hybridized carbons (Fsp3) is 0.667. The molecule has 5 nitrogen and oxygen atoms in total. The first-order valence-corrected chi connectivity index (χ1v) is 5.73. The lowest BCUT2D eigenvalue weighted by atomic mass is 9.97. The number of hydrogen-bond donors (Lipinski definition) is 2. The van der Waals surface area contributed by atoms with Gasteiger partial charge in [0.05, 0.1) is 5.69 Å². The fourth-order valence-corrected chi connectivity index (χ4v) is 1.33. The van der Waals surface area contributed by atoms with Gasteiger partial charge in [0.1, 0.15) is 5.76 Å². The van der Waals surface area contributed by atoms with Gasteiger partial charge in [-0.1, -0.05) is 25.9 Å². The number of carbonyl (C=O) groups is 1. The zero-order chi connectivity index (χ0) is 13.1. The molecule has 0 aliphatic carbocycles. The molecule has 0 spiro atoms. The number of hydrogen-bond acceptors (Lipinski definition) is 3. The number of amides is 2. The average Bonchev–Trinajstić information content (AvgIpc) is 2.52. The van der Waals surface area contributed by atoms with Crippen molar-refractivity contribution in [2.24, 2.45) is 5.41 Å². The third-order valence-corrected chi connectivity index (χ3v) is 2.39. The molecular formula is C12H21N3O2. The SMILES string of the molecule is Cc1noc(C)c1CNC(=O)NCC(C)(C)C. The summed E-state index contributed by atoms with van der Waals surface area (Å²) in [5, 5.41) is 9.44. The van der Waals surface area contributed by atoms with Crippen molar-refractivity contribution in [3.8, 4) is 0 Å². The standard InChI is InChI=1S/C12H21N3O2/c1-8-10(9(2)17-15-8)6-13-11(16)14-7-12(3,4)5/h6-7H2,1-5H3,(H2,13,14,16). The van der Waals surface area contributed by atoms with Gasteiger partial charge in [-0.3, -0.25) is 0 Å². The first kappa shape index (κ1) is 13.5. The fourth-order valence-electron chi connectivity index (χ4n) is 1.33. The van der Waals surface area contributed by atoms with Gasteiger partial charge in [0, 0.05) is 18.7 Å². The summed E-state index contributed by atoms with van der Waals surface area (Å²) in [6, 6.07) is -0.167. The van der Waals surface area contributed by atoms with Crippen LogP contribution in [0.15, 0.2) is 4.52 Å². The molecule has 0 fully saturated rings. The molecule has 0 atom stereocenters. The summed E-state index contributed by atoms with van der Waals surface area (Å²) in [7, 11) is 0. The molecule has 0 aromatic carbocycles. The molecule has 2 amide bonds. The number of urea groups is 1. The van der Waals surface area contributed by atoms with Crippen LogP contribution < -0.4 is 10.6 Å². The number of rotatable bonds is 3. The van der Waals surface area contributed by atoms with Crippen molar-refractivity contribution in [3.63, 3.8) is 0 Å². The second-order valence-electron chi connectivity index (χ2n) is 5.40. The summed E-state index contributed by atoms with van der Waals surface area (Å²) < 4.78 is 5.02. The van der Waals surface area contributed by atoms with E-state index in [9.17, 15) is 4.79 Å². The summed E-state index contributed by atoms with van der Waals surface area (Å²) in [6.07, 6.45) is 0. The van der Waals surface area contributed by atoms with Crippen molar-refractivity contribution in [1.82, 2.24) is 15.8 Å². The minimum Gasteiger partial charge on any atom is -0.361 e. The predicted octanol–water partition coefficient (Wildman–Crippen LogP) is 2.14. The van der Waals surface area contributed by atoms with Gasteiger partial charge in [0.25, 0.3) is 0 Å². The number of nitrogens with one attached hydrogen (secondary N) is 2. The zero-order valence-electron chi connectivity index (χ0n) is 11.2. The quantitative estimate of drug-likeness (QED) is 0.849. The summed E-state index contributed by atoms with van der Waals surface area (Å²) >= 11 is 0. The number of aromatic nitrogens is 1. The average molecular weight is 239 g/mol. The van der Waals surface area contributed by atoms with E-state index < -0.39 is 0 Å². The Morgan fingerprint density at radius 3 is 2.41 bits per heavy atom. The van der Waals surface area contributed by atoms with E-state index in [2.05, 4.69) is 36.6 Å². The van der Waals surface area contributed by atoms with E-state index in [1.54, 1.807) is 0 Å². The minimum atomic E-state index is -0.167. The topological polar surface area (TPSA) is 67.2 Å². The van der Waals surface area contributed by atoms with Crippen LogP contribution in [0.1, 0.15) is 37.8 Å². The molecule has 2 N–H and O–H groups in total. The molecule has 0 aliphatic heterocycles. The van der Waals surface area contributed by atoms with Crippen LogP contribution in [0.25, 0.3) is 0 Å². The minimum absolute atomic E-state index is 0.0837. The highest BCUT2D eigenvalue weighted by molar-refractivity contribution is 5.73. The number of carbonyl (C=O) groups excluding carboxylic acids is 1. The monoisotopic (exact) mass is 239 g/mol. The summed E-state index contributed by atoms with van der Waals surface area (Å²) in [6.45, 7) is 11.0. The molecule has 0 radical (unpaired) electrons. The van der Waals surface area contributed by atoms with Crippen LogP contribution in [0.2, 0.25) is 0 Å². The Morgan fingerprint density at radius 2 is 1.94 bits per heavy atom. The van der Waals surface area contributed by atoms with Crippen LogP contribution >= 0.6 is 0 Å². The summed E-state index contributed by atoms with van der Waals surface area (Å²) in [5.74, 6) is 0.749. The van der Waals surface area contributed by atoms with Crippen molar-refractivity contribution in [2.75, 3.05) is 6.54 Å². The van der Waals surface area contributed by atoms with Crippen LogP contribution in [0.3, 0.4) is 0 Å². The third-order valence-electron chi connectivity index (χ3n) is 2.39. The van der Waals surface area contributed by atoms with Gasteiger partial charge in [-0.05, 0) is 19.3 Å². The molecule has 0 saturated heterocycles. The highest BCUT2D eigenvalue weighted by atomic mass is 16.5. The van der Waals surface area contributed by atoms with Gasteiger partial charge >= 0.3 is 6.03 Å². The highest BCUT2D eigenvalue weighted by Gasteiger charge is 2.13. The van der Waals surface area contributed by atoms with Crippen molar-refractivity contribution in [2.45, 2.75) is 41.2 Å². The smallest absolute Gasteiger partial charge is 0.315 e.